The third kappa shape index (κ3) is 3.82. The average molecular weight is 400 g/mol. The quantitative estimate of drug-likeness (QED) is 0.446. The number of carbonyl (C=O) groups is 1. The molecule has 0 N–H and O–H groups in total. The fourth-order valence-corrected chi connectivity index (χ4v) is 10.7. The summed E-state index contributed by atoms with van der Waals surface area (Å²) in [4.78, 5) is 13.3. The van der Waals surface area contributed by atoms with Crippen molar-refractivity contribution in [1.29, 1.82) is 0 Å². The third-order valence-electron chi connectivity index (χ3n) is 7.59. The number of rotatable bonds is 5. The van der Waals surface area contributed by atoms with Gasteiger partial charge >= 0.3 is 5.97 Å². The van der Waals surface area contributed by atoms with Crippen LogP contribution < -0.4 is 5.30 Å². The number of hydrogen-bond donors (Lipinski definition) is 0. The van der Waals surface area contributed by atoms with Gasteiger partial charge in [-0.3, -0.25) is 0 Å². The van der Waals surface area contributed by atoms with Crippen molar-refractivity contribution >= 4 is 18.5 Å². The summed E-state index contributed by atoms with van der Waals surface area (Å²) >= 11 is 0. The average Bonchev–Trinajstić information content (AvgIpc) is 3.26. The molecular formula is C25H36O2P+. The Hall–Kier alpha value is -1.14. The van der Waals surface area contributed by atoms with Gasteiger partial charge in [-0.2, -0.15) is 0 Å². The highest BCUT2D eigenvalue weighted by atomic mass is 31.2. The van der Waals surface area contributed by atoms with Crippen molar-refractivity contribution in [1.82, 2.24) is 0 Å². The molecule has 0 amide bonds. The number of fused-ring (bicyclic) bond motifs is 1. The maximum atomic E-state index is 13.3. The van der Waals surface area contributed by atoms with Crippen molar-refractivity contribution < 1.29 is 9.53 Å². The molecule has 0 saturated heterocycles. The van der Waals surface area contributed by atoms with Crippen molar-refractivity contribution in [3.05, 3.63) is 42.2 Å². The van der Waals surface area contributed by atoms with E-state index in [1.165, 1.54) is 37.4 Å². The number of allylic oxidation sites excluding steroid dienone is 1. The lowest BCUT2D eigenvalue weighted by atomic mass is 9.75. The van der Waals surface area contributed by atoms with Gasteiger partial charge in [-0.25, -0.2) is 4.79 Å². The predicted molar refractivity (Wildman–Crippen MR) is 119 cm³/mol. The first-order valence-electron chi connectivity index (χ1n) is 11.3. The van der Waals surface area contributed by atoms with E-state index in [0.717, 1.165) is 6.42 Å². The molecule has 3 heteroatoms. The lowest BCUT2D eigenvalue weighted by Gasteiger charge is -2.37. The minimum absolute atomic E-state index is 0.0548. The Kier molecular flexibility index (Phi) is 5.98. The monoisotopic (exact) mass is 399 g/mol. The van der Waals surface area contributed by atoms with Gasteiger partial charge in [0.25, 0.3) is 0 Å². The van der Waals surface area contributed by atoms with Gasteiger partial charge in [-0.15, -0.1) is 0 Å². The van der Waals surface area contributed by atoms with Crippen LogP contribution in [0.3, 0.4) is 0 Å². The van der Waals surface area contributed by atoms with Crippen LogP contribution in [0, 0.1) is 23.7 Å². The van der Waals surface area contributed by atoms with Crippen LogP contribution in [0.4, 0.5) is 0 Å². The van der Waals surface area contributed by atoms with Crippen molar-refractivity contribution in [2.75, 3.05) is 6.16 Å². The zero-order valence-electron chi connectivity index (χ0n) is 17.7. The Morgan fingerprint density at radius 2 is 1.93 bits per heavy atom. The van der Waals surface area contributed by atoms with Crippen molar-refractivity contribution in [2.45, 2.75) is 71.1 Å². The van der Waals surface area contributed by atoms with Gasteiger partial charge in [0, 0.05) is 5.92 Å². The van der Waals surface area contributed by atoms with Crippen molar-refractivity contribution in [3.63, 3.8) is 0 Å². The zero-order valence-corrected chi connectivity index (χ0v) is 18.6. The number of benzene rings is 1. The summed E-state index contributed by atoms with van der Waals surface area (Å²) in [5.74, 6) is 4.95. The summed E-state index contributed by atoms with van der Waals surface area (Å²) in [5.41, 5.74) is 0.661. The van der Waals surface area contributed by atoms with Crippen LogP contribution in [0.15, 0.2) is 42.2 Å². The zero-order chi connectivity index (χ0) is 19.7. The molecular weight excluding hydrogens is 363 g/mol. The topological polar surface area (TPSA) is 26.3 Å². The second-order valence-electron chi connectivity index (χ2n) is 9.78. The molecule has 0 aromatic heterocycles. The van der Waals surface area contributed by atoms with Gasteiger partial charge in [0.05, 0.1) is 24.0 Å². The molecule has 1 aromatic carbocycles. The Balaban J connectivity index is 1.54. The minimum atomic E-state index is -1.64. The summed E-state index contributed by atoms with van der Waals surface area (Å²) in [6, 6.07) is 10.9. The van der Waals surface area contributed by atoms with Crippen LogP contribution in [0.1, 0.15) is 59.3 Å². The fourth-order valence-electron chi connectivity index (χ4n) is 6.05. The van der Waals surface area contributed by atoms with E-state index in [2.05, 4.69) is 63.0 Å². The molecule has 1 aromatic rings. The van der Waals surface area contributed by atoms with E-state index in [-0.39, 0.29) is 12.1 Å². The SMILES string of the molecule is CC(C)[C@@H]1CC[C@@H](C)C[C@H]1OC(=O)C[P+]1(c2ccccc2)C=C[C@@H]2CCC[C@@H]21. The van der Waals surface area contributed by atoms with E-state index in [9.17, 15) is 4.79 Å². The molecule has 2 saturated carbocycles. The number of hydrogen-bond acceptors (Lipinski definition) is 2. The lowest BCUT2D eigenvalue weighted by Crippen LogP contribution is -2.37. The minimum Gasteiger partial charge on any atom is -0.459 e. The third-order valence-corrected chi connectivity index (χ3v) is 12.2. The van der Waals surface area contributed by atoms with Crippen molar-refractivity contribution in [2.24, 2.45) is 23.7 Å². The highest BCUT2D eigenvalue weighted by molar-refractivity contribution is 7.87. The number of esters is 1. The maximum Gasteiger partial charge on any atom is 0.344 e. The first-order chi connectivity index (χ1) is 13.5. The molecule has 1 heterocycles. The first-order valence-corrected chi connectivity index (χ1v) is 13.4. The van der Waals surface area contributed by atoms with Crippen LogP contribution in [-0.2, 0) is 9.53 Å². The largest absolute Gasteiger partial charge is 0.459 e. The number of carbonyl (C=O) groups excluding carboxylic acids is 1. The molecule has 0 radical (unpaired) electrons. The Morgan fingerprint density at radius 3 is 2.68 bits per heavy atom. The fraction of sp³-hybridized carbons (Fsp3) is 0.640. The standard InChI is InChI=1S/C25H36O2P/c1-18(2)22-13-12-19(3)16-23(22)27-25(26)17-28(21-9-5-4-6-10-21)15-14-20-8-7-11-24(20)28/h4-6,9-10,14-15,18-20,22-24H,7-8,11-13,16-17H2,1-3H3/q+1/t19-,20+,22+,23-,24+,28?/m1/s1. The summed E-state index contributed by atoms with van der Waals surface area (Å²) in [5, 5.41) is 1.40. The van der Waals surface area contributed by atoms with E-state index in [1.807, 2.05) is 0 Å². The Labute approximate surface area is 171 Å². The molecule has 3 aliphatic rings. The van der Waals surface area contributed by atoms with Crippen LogP contribution in [0.5, 0.6) is 0 Å². The summed E-state index contributed by atoms with van der Waals surface area (Å²) in [6.07, 6.45) is 10.5. The molecule has 2 nitrogen and oxygen atoms in total. The molecule has 152 valence electrons. The molecule has 2 fully saturated rings. The molecule has 0 spiro atoms. The molecule has 6 atom stereocenters. The molecule has 28 heavy (non-hydrogen) atoms. The smallest absolute Gasteiger partial charge is 0.344 e. The van der Waals surface area contributed by atoms with Gasteiger partial charge in [0.1, 0.15) is 6.10 Å². The summed E-state index contributed by atoms with van der Waals surface area (Å²) < 4.78 is 6.25. The van der Waals surface area contributed by atoms with E-state index in [4.69, 9.17) is 4.74 Å². The highest BCUT2D eigenvalue weighted by Crippen LogP contribution is 2.72. The highest BCUT2D eigenvalue weighted by Gasteiger charge is 2.56. The number of ether oxygens (including phenoxy) is 1. The van der Waals surface area contributed by atoms with Crippen LogP contribution in [0.2, 0.25) is 0 Å². The normalized spacial score (nSPS) is 37.2. The van der Waals surface area contributed by atoms with Crippen LogP contribution >= 0.6 is 7.26 Å². The predicted octanol–water partition coefficient (Wildman–Crippen LogP) is 6.03. The summed E-state index contributed by atoms with van der Waals surface area (Å²) in [6.45, 7) is 6.87. The molecule has 1 unspecified atom stereocenters. The van der Waals surface area contributed by atoms with Crippen molar-refractivity contribution in [3.8, 4) is 0 Å². The molecule has 2 aliphatic carbocycles. The second kappa shape index (κ2) is 8.31. The molecule has 1 aliphatic heterocycles. The van der Waals surface area contributed by atoms with E-state index in [0.29, 0.717) is 35.5 Å². The Morgan fingerprint density at radius 1 is 1.14 bits per heavy atom. The second-order valence-corrected chi connectivity index (χ2v) is 13.4. The van der Waals surface area contributed by atoms with Crippen LogP contribution in [0.25, 0.3) is 0 Å². The molecule has 0 bridgehead atoms. The van der Waals surface area contributed by atoms with Gasteiger partial charge in [0.2, 0.25) is 0 Å². The maximum absolute atomic E-state index is 13.3. The molecule has 4 rings (SSSR count). The first kappa shape index (κ1) is 20.1. The Bertz CT molecular complexity index is 713. The van der Waals surface area contributed by atoms with Crippen LogP contribution in [-0.4, -0.2) is 23.9 Å². The van der Waals surface area contributed by atoms with Gasteiger partial charge in [-0.1, -0.05) is 45.4 Å². The van der Waals surface area contributed by atoms with Gasteiger partial charge in [0.15, 0.2) is 6.16 Å². The summed E-state index contributed by atoms with van der Waals surface area (Å²) in [7, 11) is -1.64. The lowest BCUT2D eigenvalue weighted by molar-refractivity contribution is -0.152. The van der Waals surface area contributed by atoms with E-state index >= 15 is 0 Å². The van der Waals surface area contributed by atoms with Gasteiger partial charge in [-0.05, 0) is 68.1 Å². The van der Waals surface area contributed by atoms with E-state index in [1.54, 1.807) is 0 Å². The van der Waals surface area contributed by atoms with Gasteiger partial charge < -0.3 is 4.74 Å². The van der Waals surface area contributed by atoms with E-state index < -0.39 is 7.26 Å².